The third-order valence-corrected chi connectivity index (χ3v) is 9.78. The van der Waals surface area contributed by atoms with Crippen LogP contribution in [0, 0.1) is 11.8 Å². The molecule has 0 spiro atoms. The molecule has 10 nitrogen and oxygen atoms in total. The number of hydrogen-bond acceptors (Lipinski definition) is 8. The summed E-state index contributed by atoms with van der Waals surface area (Å²) in [6.45, 7) is 1.21. The van der Waals surface area contributed by atoms with Gasteiger partial charge in [0.2, 0.25) is 23.6 Å². The highest BCUT2D eigenvalue weighted by Gasteiger charge is 2.69. The number of nitrogens with zero attached hydrogens (tertiary/aromatic N) is 3. The zero-order chi connectivity index (χ0) is 23.7. The van der Waals surface area contributed by atoms with Gasteiger partial charge < -0.3 is 9.64 Å². The summed E-state index contributed by atoms with van der Waals surface area (Å²) in [7, 11) is 0. The van der Waals surface area contributed by atoms with Crippen molar-refractivity contribution < 1.29 is 33.5 Å². The molecule has 33 heavy (non-hydrogen) atoms. The van der Waals surface area contributed by atoms with Gasteiger partial charge in [-0.15, -0.1) is 23.4 Å². The fourth-order valence-corrected chi connectivity index (χ4v) is 7.64. The van der Waals surface area contributed by atoms with Gasteiger partial charge in [-0.25, -0.2) is 9.69 Å². The molecular formula is C21H24ClN3O7S. The molecule has 0 bridgehead atoms. The molecule has 6 atom stereocenters. The molecule has 0 radical (unpaired) electrons. The number of amides is 5. The molecule has 1 saturated carbocycles. The van der Waals surface area contributed by atoms with Crippen molar-refractivity contribution in [2.24, 2.45) is 11.8 Å². The monoisotopic (exact) mass is 497 g/mol. The molecule has 1 aliphatic carbocycles. The highest BCUT2D eigenvalue weighted by Crippen LogP contribution is 2.54. The smallest absolute Gasteiger partial charge is 0.332 e. The highest BCUT2D eigenvalue weighted by atomic mass is 35.5. The van der Waals surface area contributed by atoms with Crippen molar-refractivity contribution >= 4 is 58.9 Å². The van der Waals surface area contributed by atoms with Crippen molar-refractivity contribution in [2.45, 2.75) is 67.7 Å². The van der Waals surface area contributed by atoms with Crippen molar-refractivity contribution in [2.75, 3.05) is 12.6 Å². The molecule has 0 N–H and O–H groups in total. The maximum Gasteiger partial charge on any atom is 0.332 e. The van der Waals surface area contributed by atoms with E-state index in [4.69, 9.17) is 16.3 Å². The lowest BCUT2D eigenvalue weighted by Gasteiger charge is -2.46. The second-order valence-corrected chi connectivity index (χ2v) is 11.3. The fraction of sp³-hybridized carbons (Fsp3) is 0.714. The van der Waals surface area contributed by atoms with Gasteiger partial charge in [0.25, 0.3) is 5.91 Å². The summed E-state index contributed by atoms with van der Waals surface area (Å²) in [6.07, 6.45) is 3.22. The topological polar surface area (TPSA) is 121 Å². The molecule has 5 aliphatic rings. The Morgan fingerprint density at radius 1 is 1.03 bits per heavy atom. The number of alkyl halides is 1. The number of rotatable bonds is 5. The number of likely N-dealkylation sites (tertiary alicyclic amines) is 2. The first-order valence-electron chi connectivity index (χ1n) is 11.1. The van der Waals surface area contributed by atoms with Gasteiger partial charge in [0.15, 0.2) is 6.73 Å². The molecule has 4 saturated heterocycles. The lowest BCUT2D eigenvalue weighted by atomic mass is 9.81. The minimum atomic E-state index is -1.06. The van der Waals surface area contributed by atoms with Gasteiger partial charge in [-0.1, -0.05) is 12.8 Å². The van der Waals surface area contributed by atoms with Crippen LogP contribution >= 0.6 is 23.4 Å². The molecule has 0 aromatic heterocycles. The normalized spacial score (nSPS) is 38.1. The molecule has 5 rings (SSSR count). The van der Waals surface area contributed by atoms with E-state index in [0.717, 1.165) is 22.6 Å². The van der Waals surface area contributed by atoms with E-state index in [1.54, 1.807) is 6.92 Å². The number of carbonyl (C=O) groups excluding carboxylic acids is 6. The van der Waals surface area contributed by atoms with E-state index in [1.807, 2.05) is 0 Å². The maximum atomic E-state index is 13.2. The lowest BCUT2D eigenvalue weighted by Crippen LogP contribution is -2.71. The summed E-state index contributed by atoms with van der Waals surface area (Å²) in [6, 6.07) is -2.01. The van der Waals surface area contributed by atoms with E-state index in [2.05, 4.69) is 0 Å². The number of esters is 1. The summed E-state index contributed by atoms with van der Waals surface area (Å²) in [5.41, 5.74) is 0. The molecule has 0 aromatic rings. The van der Waals surface area contributed by atoms with Gasteiger partial charge in [-0.05, 0) is 19.8 Å². The Balaban J connectivity index is 1.34. The van der Waals surface area contributed by atoms with Crippen molar-refractivity contribution in [3.05, 3.63) is 0 Å². The Morgan fingerprint density at radius 3 is 2.15 bits per heavy atom. The Kier molecular flexibility index (Phi) is 5.47. The van der Waals surface area contributed by atoms with Crippen LogP contribution in [0.25, 0.3) is 0 Å². The largest absolute Gasteiger partial charge is 0.442 e. The van der Waals surface area contributed by atoms with Crippen LogP contribution in [-0.4, -0.2) is 85.0 Å². The molecule has 12 heteroatoms. The predicted octanol–water partition coefficient (Wildman–Crippen LogP) is 0.461. The molecule has 4 unspecified atom stereocenters. The zero-order valence-electron chi connectivity index (χ0n) is 18.0. The van der Waals surface area contributed by atoms with Gasteiger partial charge >= 0.3 is 5.97 Å². The number of fused-ring (bicyclic) bond motifs is 2. The van der Waals surface area contributed by atoms with Crippen LogP contribution < -0.4 is 0 Å². The molecule has 178 valence electrons. The van der Waals surface area contributed by atoms with E-state index in [1.165, 1.54) is 16.7 Å². The van der Waals surface area contributed by atoms with Gasteiger partial charge in [-0.3, -0.25) is 28.9 Å². The number of imide groups is 2. The summed E-state index contributed by atoms with van der Waals surface area (Å²) in [5, 5.41) is -0.595. The number of carbonyl (C=O) groups is 6. The quantitative estimate of drug-likeness (QED) is 0.232. The first kappa shape index (κ1) is 22.6. The van der Waals surface area contributed by atoms with E-state index >= 15 is 0 Å². The number of ether oxygens (including phenoxy) is 1. The fourth-order valence-electron chi connectivity index (χ4n) is 5.64. The number of thioether (sulfide) groups is 1. The lowest BCUT2D eigenvalue weighted by molar-refractivity contribution is -0.174. The van der Waals surface area contributed by atoms with E-state index < -0.39 is 52.6 Å². The van der Waals surface area contributed by atoms with E-state index in [9.17, 15) is 28.8 Å². The highest BCUT2D eigenvalue weighted by molar-refractivity contribution is 8.01. The van der Waals surface area contributed by atoms with Crippen molar-refractivity contribution in [3.8, 4) is 0 Å². The molecule has 5 amide bonds. The summed E-state index contributed by atoms with van der Waals surface area (Å²) in [4.78, 5) is 79.2. The van der Waals surface area contributed by atoms with Crippen LogP contribution in [0.4, 0.5) is 0 Å². The summed E-state index contributed by atoms with van der Waals surface area (Å²) in [5.74, 6) is -3.42. The van der Waals surface area contributed by atoms with Crippen LogP contribution in [0.1, 0.15) is 45.4 Å². The first-order valence-corrected chi connectivity index (χ1v) is 12.5. The van der Waals surface area contributed by atoms with Gasteiger partial charge in [0.05, 0.1) is 16.6 Å². The Morgan fingerprint density at radius 2 is 1.61 bits per heavy atom. The van der Waals surface area contributed by atoms with Crippen LogP contribution in [0.5, 0.6) is 0 Å². The molecule has 4 aliphatic heterocycles. The Hall–Kier alpha value is -2.14. The predicted molar refractivity (Wildman–Crippen MR) is 114 cm³/mol. The van der Waals surface area contributed by atoms with Gasteiger partial charge in [-0.2, -0.15) is 0 Å². The van der Waals surface area contributed by atoms with E-state index in [0.29, 0.717) is 12.8 Å². The molecular weight excluding hydrogens is 474 g/mol. The second kappa shape index (κ2) is 7.97. The summed E-state index contributed by atoms with van der Waals surface area (Å²) >= 11 is 7.47. The number of β-lactam (4-membered cyclic amide) rings is 1. The second-order valence-electron chi connectivity index (χ2n) is 9.40. The third-order valence-electron chi connectivity index (χ3n) is 7.43. The Bertz CT molecular complexity index is 936. The van der Waals surface area contributed by atoms with Gasteiger partial charge in [0.1, 0.15) is 17.5 Å². The SMILES string of the molecule is C[C@@]1(CCl)S[C@@H]2C(N3C(=O)C4CCCCC4C3=O)C(=O)N2C1C(=O)OCN1C(=O)CCC1=O. The number of hydrogen-bond donors (Lipinski definition) is 0. The minimum absolute atomic E-state index is 0.0130. The van der Waals surface area contributed by atoms with Gasteiger partial charge in [0, 0.05) is 18.7 Å². The average Bonchev–Trinajstić information content (AvgIpc) is 3.37. The standard InChI is InChI=1S/C21H24ClN3O7S/c1-21(8-22)15(20(31)32-9-23-12(26)6-7-13(23)27)25-18(30)14(19(25)33-21)24-16(28)10-4-2-3-5-11(10)17(24)29/h10-11,14-15,19H,2-9H2,1H3/t10?,11?,14?,15?,19-,21+/m1/s1. The molecule has 0 aromatic carbocycles. The molecule has 5 fully saturated rings. The van der Waals surface area contributed by atoms with Crippen LogP contribution in [0.3, 0.4) is 0 Å². The Labute approximate surface area is 199 Å². The first-order chi connectivity index (χ1) is 15.7. The van der Waals surface area contributed by atoms with Crippen LogP contribution in [0.15, 0.2) is 0 Å². The van der Waals surface area contributed by atoms with Crippen molar-refractivity contribution in [1.29, 1.82) is 0 Å². The molecule has 4 heterocycles. The summed E-state index contributed by atoms with van der Waals surface area (Å²) < 4.78 is 4.34. The number of halogens is 1. The van der Waals surface area contributed by atoms with E-state index in [-0.39, 0.29) is 42.4 Å². The van der Waals surface area contributed by atoms with Crippen molar-refractivity contribution in [3.63, 3.8) is 0 Å². The van der Waals surface area contributed by atoms with Crippen molar-refractivity contribution in [1.82, 2.24) is 14.7 Å². The minimum Gasteiger partial charge on any atom is -0.442 e. The zero-order valence-corrected chi connectivity index (χ0v) is 19.6. The maximum absolute atomic E-state index is 13.2. The van der Waals surface area contributed by atoms with Crippen LogP contribution in [0.2, 0.25) is 0 Å². The van der Waals surface area contributed by atoms with Crippen LogP contribution in [-0.2, 0) is 33.5 Å². The third kappa shape index (κ3) is 3.22. The average molecular weight is 498 g/mol.